The van der Waals surface area contributed by atoms with Crippen LogP contribution in [0.3, 0.4) is 0 Å². The summed E-state index contributed by atoms with van der Waals surface area (Å²) in [6.07, 6.45) is 12.3. The van der Waals surface area contributed by atoms with Crippen LogP contribution in [0, 0.1) is 29.6 Å². The fourth-order valence-corrected chi connectivity index (χ4v) is 5.26. The van der Waals surface area contributed by atoms with Crippen molar-refractivity contribution >= 4 is 0 Å². The number of allylic oxidation sites excluding steroid dienone is 2. The van der Waals surface area contributed by atoms with E-state index in [2.05, 4.69) is 51.2 Å². The van der Waals surface area contributed by atoms with E-state index in [1.54, 1.807) is 5.57 Å². The van der Waals surface area contributed by atoms with Gasteiger partial charge in [0.05, 0.1) is 0 Å². The van der Waals surface area contributed by atoms with Gasteiger partial charge in [0.25, 0.3) is 0 Å². The molecule has 1 N–H and O–H groups in total. The molecule has 0 spiro atoms. The Hall–Kier alpha value is -0.560. The Bertz CT molecular complexity index is 408. The third-order valence-corrected chi connectivity index (χ3v) is 6.40. The predicted molar refractivity (Wildman–Crippen MR) is 86.5 cm³/mol. The molecule has 6 unspecified atom stereocenters. The van der Waals surface area contributed by atoms with Crippen molar-refractivity contribution in [1.82, 2.24) is 5.32 Å². The first-order chi connectivity index (χ1) is 9.63. The van der Waals surface area contributed by atoms with Gasteiger partial charge < -0.3 is 5.32 Å². The summed E-state index contributed by atoms with van der Waals surface area (Å²) in [6, 6.07) is 1.40. The molecule has 3 aliphatic rings. The topological polar surface area (TPSA) is 12.0 Å². The molecule has 7 atom stereocenters. The summed E-state index contributed by atoms with van der Waals surface area (Å²) in [5, 5.41) is 3.99. The van der Waals surface area contributed by atoms with Gasteiger partial charge in [-0.1, -0.05) is 58.8 Å². The van der Waals surface area contributed by atoms with Crippen LogP contribution in [0.4, 0.5) is 0 Å². The Labute approximate surface area is 124 Å². The SMILES string of the molecule is CCCC(C)C(C)C1C(C)CC2C3=CC=CCC3N[C@H]21. The molecule has 112 valence electrons. The van der Waals surface area contributed by atoms with Crippen molar-refractivity contribution in [2.24, 2.45) is 29.6 Å². The number of rotatable bonds is 4. The first-order valence-corrected chi connectivity index (χ1v) is 8.76. The van der Waals surface area contributed by atoms with E-state index >= 15 is 0 Å². The summed E-state index contributed by atoms with van der Waals surface area (Å²) in [6.45, 7) is 9.80. The Balaban J connectivity index is 1.77. The lowest BCUT2D eigenvalue weighted by Gasteiger charge is -2.33. The van der Waals surface area contributed by atoms with E-state index in [4.69, 9.17) is 0 Å². The van der Waals surface area contributed by atoms with Crippen molar-refractivity contribution in [2.75, 3.05) is 0 Å². The molecule has 2 aliphatic carbocycles. The summed E-state index contributed by atoms with van der Waals surface area (Å²) in [5.41, 5.74) is 1.71. The van der Waals surface area contributed by atoms with Crippen LogP contribution >= 0.6 is 0 Å². The molecule has 2 fully saturated rings. The molecule has 1 heterocycles. The summed E-state index contributed by atoms with van der Waals surface area (Å²) >= 11 is 0. The molecule has 0 radical (unpaired) electrons. The molecule has 1 aliphatic heterocycles. The molecule has 3 rings (SSSR count). The van der Waals surface area contributed by atoms with Crippen molar-refractivity contribution in [2.45, 2.75) is 65.5 Å². The summed E-state index contributed by atoms with van der Waals surface area (Å²) in [5.74, 6) is 4.28. The number of hydrogen-bond donors (Lipinski definition) is 1. The highest BCUT2D eigenvalue weighted by Crippen LogP contribution is 2.50. The van der Waals surface area contributed by atoms with Gasteiger partial charge in [-0.15, -0.1) is 0 Å². The second-order valence-corrected chi connectivity index (χ2v) is 7.60. The minimum atomic E-state index is 0.652. The van der Waals surface area contributed by atoms with Crippen molar-refractivity contribution in [3.63, 3.8) is 0 Å². The zero-order valence-corrected chi connectivity index (χ0v) is 13.6. The van der Waals surface area contributed by atoms with Crippen LogP contribution in [-0.2, 0) is 0 Å². The van der Waals surface area contributed by atoms with E-state index in [-0.39, 0.29) is 0 Å². The van der Waals surface area contributed by atoms with E-state index < -0.39 is 0 Å². The van der Waals surface area contributed by atoms with E-state index in [1.165, 1.54) is 25.7 Å². The zero-order chi connectivity index (χ0) is 14.3. The van der Waals surface area contributed by atoms with Crippen LogP contribution in [-0.4, -0.2) is 12.1 Å². The van der Waals surface area contributed by atoms with Gasteiger partial charge >= 0.3 is 0 Å². The van der Waals surface area contributed by atoms with E-state index in [9.17, 15) is 0 Å². The van der Waals surface area contributed by atoms with Crippen LogP contribution < -0.4 is 5.32 Å². The Morgan fingerprint density at radius 1 is 1.35 bits per heavy atom. The molecule has 1 heteroatoms. The van der Waals surface area contributed by atoms with Crippen molar-refractivity contribution in [1.29, 1.82) is 0 Å². The van der Waals surface area contributed by atoms with Gasteiger partial charge in [0.1, 0.15) is 0 Å². The van der Waals surface area contributed by atoms with Gasteiger partial charge in [0.2, 0.25) is 0 Å². The van der Waals surface area contributed by atoms with Crippen molar-refractivity contribution in [3.8, 4) is 0 Å². The average Bonchev–Trinajstić information content (AvgIpc) is 2.93. The molecule has 1 saturated carbocycles. The molecule has 0 aromatic heterocycles. The number of hydrogen-bond acceptors (Lipinski definition) is 1. The van der Waals surface area contributed by atoms with Crippen molar-refractivity contribution in [3.05, 3.63) is 23.8 Å². The standard InChI is InChI=1S/C19H31N/c1-5-8-12(2)14(4)18-13(3)11-16-15-9-6-7-10-17(15)20-19(16)18/h6-7,9,12-14,16-20H,5,8,10-11H2,1-4H3/t12?,13?,14?,16?,17?,18?,19-/m1/s1. The minimum Gasteiger partial charge on any atom is -0.306 e. The summed E-state index contributed by atoms with van der Waals surface area (Å²) in [7, 11) is 0. The van der Waals surface area contributed by atoms with Gasteiger partial charge in [-0.05, 0) is 48.0 Å². The molecular formula is C19H31N. The average molecular weight is 273 g/mol. The molecule has 1 nitrogen and oxygen atoms in total. The first kappa shape index (κ1) is 14.4. The van der Waals surface area contributed by atoms with Crippen LogP contribution in [0.1, 0.15) is 53.4 Å². The van der Waals surface area contributed by atoms with Gasteiger partial charge in [-0.3, -0.25) is 0 Å². The lowest BCUT2D eigenvalue weighted by atomic mass is 9.75. The maximum atomic E-state index is 3.99. The first-order valence-electron chi connectivity index (χ1n) is 8.76. The minimum absolute atomic E-state index is 0.652. The highest BCUT2D eigenvalue weighted by molar-refractivity contribution is 5.33. The largest absolute Gasteiger partial charge is 0.306 e. The maximum Gasteiger partial charge on any atom is 0.0323 e. The lowest BCUT2D eigenvalue weighted by molar-refractivity contribution is 0.180. The van der Waals surface area contributed by atoms with Gasteiger partial charge in [-0.25, -0.2) is 0 Å². The van der Waals surface area contributed by atoms with Gasteiger partial charge in [0, 0.05) is 12.1 Å². The third-order valence-electron chi connectivity index (χ3n) is 6.40. The van der Waals surface area contributed by atoms with E-state index in [0.717, 1.165) is 35.6 Å². The van der Waals surface area contributed by atoms with Crippen molar-refractivity contribution < 1.29 is 0 Å². The summed E-state index contributed by atoms with van der Waals surface area (Å²) < 4.78 is 0. The highest BCUT2D eigenvalue weighted by Gasteiger charge is 2.51. The van der Waals surface area contributed by atoms with Crippen LogP contribution in [0.25, 0.3) is 0 Å². The fourth-order valence-electron chi connectivity index (χ4n) is 5.26. The van der Waals surface area contributed by atoms with Crippen LogP contribution in [0.2, 0.25) is 0 Å². The second-order valence-electron chi connectivity index (χ2n) is 7.60. The number of fused-ring (bicyclic) bond motifs is 3. The Morgan fingerprint density at radius 3 is 2.90 bits per heavy atom. The molecule has 0 aromatic rings. The molecule has 0 bridgehead atoms. The molecular weight excluding hydrogens is 242 g/mol. The normalized spacial score (nSPS) is 42.0. The lowest BCUT2D eigenvalue weighted by Crippen LogP contribution is -2.40. The predicted octanol–water partition coefficient (Wildman–Crippen LogP) is 4.56. The smallest absolute Gasteiger partial charge is 0.0323 e. The molecule has 20 heavy (non-hydrogen) atoms. The van der Waals surface area contributed by atoms with E-state index in [1.807, 2.05) is 0 Å². The Kier molecular flexibility index (Phi) is 4.08. The fraction of sp³-hybridized carbons (Fsp3) is 0.789. The number of nitrogens with one attached hydrogen (secondary N) is 1. The summed E-state index contributed by atoms with van der Waals surface area (Å²) in [4.78, 5) is 0. The molecule has 1 saturated heterocycles. The second kappa shape index (κ2) is 5.67. The van der Waals surface area contributed by atoms with Crippen LogP contribution in [0.15, 0.2) is 23.8 Å². The van der Waals surface area contributed by atoms with Crippen LogP contribution in [0.5, 0.6) is 0 Å². The quantitative estimate of drug-likeness (QED) is 0.792. The third kappa shape index (κ3) is 2.28. The van der Waals surface area contributed by atoms with Gasteiger partial charge in [-0.2, -0.15) is 0 Å². The highest BCUT2D eigenvalue weighted by atomic mass is 15.0. The van der Waals surface area contributed by atoms with Gasteiger partial charge in [0.15, 0.2) is 0 Å². The zero-order valence-electron chi connectivity index (χ0n) is 13.6. The Morgan fingerprint density at radius 2 is 2.15 bits per heavy atom. The maximum absolute atomic E-state index is 3.99. The molecule has 0 amide bonds. The monoisotopic (exact) mass is 273 g/mol. The molecule has 0 aromatic carbocycles. The van der Waals surface area contributed by atoms with E-state index in [0.29, 0.717) is 6.04 Å².